The first-order valence-corrected chi connectivity index (χ1v) is 17.4. The Balaban J connectivity index is 1.22. The molecule has 2 aromatic heterocycles. The zero-order valence-corrected chi connectivity index (χ0v) is 27.3. The maximum Gasteiger partial charge on any atom is 0.144 e. The molecular weight excluding hydrogens is 615 g/mol. The highest BCUT2D eigenvalue weighted by Gasteiger charge is 2.22. The minimum atomic E-state index is 0.946. The number of furan rings is 1. The standard InChI is InChI=1S/C46H29NOS/c1-3-10-30(11-4-1)32-18-23-35(24-19-32)47(36-25-20-33(21-26-36)31-12-5-2-6-13-31)40-16-9-17-41-43(40)44-42(49-41)29-28-39-38-27-22-34-14-7-8-15-37(34)45(38)48-46(39)44/h1-29H. The van der Waals surface area contributed by atoms with Gasteiger partial charge in [-0.2, -0.15) is 0 Å². The summed E-state index contributed by atoms with van der Waals surface area (Å²) in [6.07, 6.45) is 0. The van der Waals surface area contributed by atoms with Gasteiger partial charge in [-0.3, -0.25) is 0 Å². The second-order valence-electron chi connectivity index (χ2n) is 12.5. The highest BCUT2D eigenvalue weighted by molar-refractivity contribution is 7.26. The zero-order valence-electron chi connectivity index (χ0n) is 26.5. The number of anilines is 3. The summed E-state index contributed by atoms with van der Waals surface area (Å²) in [6.45, 7) is 0. The fourth-order valence-electron chi connectivity index (χ4n) is 7.33. The van der Waals surface area contributed by atoms with Gasteiger partial charge in [-0.15, -0.1) is 11.3 Å². The lowest BCUT2D eigenvalue weighted by Gasteiger charge is -2.27. The molecule has 8 aromatic carbocycles. The Kier molecular flexibility index (Phi) is 6.39. The van der Waals surface area contributed by atoms with Crippen molar-refractivity contribution in [2.45, 2.75) is 0 Å². The van der Waals surface area contributed by atoms with Crippen LogP contribution in [0.5, 0.6) is 0 Å². The molecular formula is C46H29NOS. The van der Waals surface area contributed by atoms with Gasteiger partial charge in [0.05, 0.1) is 5.69 Å². The summed E-state index contributed by atoms with van der Waals surface area (Å²) in [7, 11) is 0. The summed E-state index contributed by atoms with van der Waals surface area (Å²) in [6, 6.07) is 63.1. The van der Waals surface area contributed by atoms with Crippen LogP contribution in [-0.2, 0) is 0 Å². The van der Waals surface area contributed by atoms with Gasteiger partial charge in [-0.1, -0.05) is 121 Å². The maximum absolute atomic E-state index is 6.91. The van der Waals surface area contributed by atoms with Crippen molar-refractivity contribution in [3.63, 3.8) is 0 Å². The second kappa shape index (κ2) is 11.2. The number of nitrogens with zero attached hydrogens (tertiary/aromatic N) is 1. The number of benzene rings is 8. The van der Waals surface area contributed by atoms with E-state index in [1.54, 1.807) is 0 Å². The lowest BCUT2D eigenvalue weighted by Crippen LogP contribution is -2.10. The third-order valence-electron chi connectivity index (χ3n) is 9.67. The summed E-state index contributed by atoms with van der Waals surface area (Å²) in [4.78, 5) is 2.40. The van der Waals surface area contributed by atoms with Crippen LogP contribution in [0.1, 0.15) is 0 Å². The number of rotatable bonds is 5. The lowest BCUT2D eigenvalue weighted by molar-refractivity contribution is 0.677. The Morgan fingerprint density at radius 2 is 0.918 bits per heavy atom. The topological polar surface area (TPSA) is 16.4 Å². The molecule has 0 unspecified atom stereocenters. The second-order valence-corrected chi connectivity index (χ2v) is 13.6. The summed E-state index contributed by atoms with van der Waals surface area (Å²) in [5, 5.41) is 7.00. The minimum absolute atomic E-state index is 0.946. The molecule has 0 saturated carbocycles. The summed E-state index contributed by atoms with van der Waals surface area (Å²) < 4.78 is 9.36. The van der Waals surface area contributed by atoms with Crippen molar-refractivity contribution in [2.75, 3.05) is 4.90 Å². The first kappa shape index (κ1) is 27.9. The largest absolute Gasteiger partial charge is 0.455 e. The molecule has 49 heavy (non-hydrogen) atoms. The lowest BCUT2D eigenvalue weighted by atomic mass is 10.0. The average molecular weight is 644 g/mol. The first-order chi connectivity index (χ1) is 24.3. The number of thiophene rings is 1. The molecule has 10 rings (SSSR count). The van der Waals surface area contributed by atoms with E-state index in [9.17, 15) is 0 Å². The molecule has 0 aliphatic heterocycles. The van der Waals surface area contributed by atoms with Crippen molar-refractivity contribution in [1.82, 2.24) is 0 Å². The smallest absolute Gasteiger partial charge is 0.144 e. The molecule has 0 saturated heterocycles. The van der Waals surface area contributed by atoms with E-state index in [0.717, 1.165) is 44.4 Å². The highest BCUT2D eigenvalue weighted by Crippen LogP contribution is 2.49. The van der Waals surface area contributed by atoms with E-state index in [4.69, 9.17) is 4.42 Å². The van der Waals surface area contributed by atoms with Crippen LogP contribution < -0.4 is 4.90 Å². The van der Waals surface area contributed by atoms with Crippen LogP contribution in [0.15, 0.2) is 180 Å². The van der Waals surface area contributed by atoms with Crippen LogP contribution in [0.4, 0.5) is 17.1 Å². The normalized spacial score (nSPS) is 11.7. The predicted octanol–water partition coefficient (Wildman–Crippen LogP) is 13.9. The molecule has 0 amide bonds. The third kappa shape index (κ3) is 4.55. The molecule has 0 bridgehead atoms. The third-order valence-corrected chi connectivity index (χ3v) is 10.8. The van der Waals surface area contributed by atoms with Gasteiger partial charge in [0.25, 0.3) is 0 Å². The average Bonchev–Trinajstić information content (AvgIpc) is 3.75. The summed E-state index contributed by atoms with van der Waals surface area (Å²) in [5.41, 5.74) is 10.0. The van der Waals surface area contributed by atoms with Crippen LogP contribution in [0.2, 0.25) is 0 Å². The molecule has 2 nitrogen and oxygen atoms in total. The first-order valence-electron chi connectivity index (χ1n) is 16.6. The van der Waals surface area contributed by atoms with E-state index in [-0.39, 0.29) is 0 Å². The van der Waals surface area contributed by atoms with Crippen molar-refractivity contribution >= 4 is 81.3 Å². The Labute approximate surface area is 287 Å². The minimum Gasteiger partial charge on any atom is -0.455 e. The molecule has 0 atom stereocenters. The van der Waals surface area contributed by atoms with Gasteiger partial charge < -0.3 is 9.32 Å². The highest BCUT2D eigenvalue weighted by atomic mass is 32.1. The van der Waals surface area contributed by atoms with Crippen molar-refractivity contribution in [3.05, 3.63) is 176 Å². The van der Waals surface area contributed by atoms with E-state index in [1.165, 1.54) is 47.8 Å². The predicted molar refractivity (Wildman–Crippen MR) is 210 cm³/mol. The Bertz CT molecular complexity index is 2710. The van der Waals surface area contributed by atoms with Crippen LogP contribution in [-0.4, -0.2) is 0 Å². The number of fused-ring (bicyclic) bond motifs is 9. The molecule has 230 valence electrons. The summed E-state index contributed by atoms with van der Waals surface area (Å²) >= 11 is 1.82. The fourth-order valence-corrected chi connectivity index (χ4v) is 8.45. The monoisotopic (exact) mass is 643 g/mol. The molecule has 3 heteroatoms. The fraction of sp³-hybridized carbons (Fsp3) is 0. The van der Waals surface area contributed by atoms with Crippen molar-refractivity contribution in [2.24, 2.45) is 0 Å². The van der Waals surface area contributed by atoms with Crippen LogP contribution >= 0.6 is 11.3 Å². The SMILES string of the molecule is c1ccc(-c2ccc(N(c3ccc(-c4ccccc4)cc3)c3cccc4sc5ccc6c7ccc8ccccc8c7oc6c5c34)cc2)cc1. The molecule has 0 radical (unpaired) electrons. The van der Waals surface area contributed by atoms with Gasteiger partial charge in [0.2, 0.25) is 0 Å². The van der Waals surface area contributed by atoms with Crippen molar-refractivity contribution in [1.29, 1.82) is 0 Å². The van der Waals surface area contributed by atoms with Gasteiger partial charge in [-0.05, 0) is 82.2 Å². The van der Waals surface area contributed by atoms with Gasteiger partial charge in [0.15, 0.2) is 0 Å². The number of hydrogen-bond acceptors (Lipinski definition) is 3. The maximum atomic E-state index is 6.91. The zero-order chi connectivity index (χ0) is 32.3. The van der Waals surface area contributed by atoms with E-state index in [0.29, 0.717) is 0 Å². The van der Waals surface area contributed by atoms with Crippen LogP contribution in [0.25, 0.3) is 75.1 Å². The van der Waals surface area contributed by atoms with Crippen LogP contribution in [0, 0.1) is 0 Å². The molecule has 0 N–H and O–H groups in total. The van der Waals surface area contributed by atoms with E-state index in [1.807, 2.05) is 11.3 Å². The van der Waals surface area contributed by atoms with Gasteiger partial charge in [0.1, 0.15) is 11.2 Å². The Morgan fingerprint density at radius 1 is 0.367 bits per heavy atom. The van der Waals surface area contributed by atoms with Gasteiger partial charge >= 0.3 is 0 Å². The Morgan fingerprint density at radius 3 is 1.59 bits per heavy atom. The molecule has 2 heterocycles. The van der Waals surface area contributed by atoms with Crippen molar-refractivity contribution < 1.29 is 4.42 Å². The van der Waals surface area contributed by atoms with E-state index < -0.39 is 0 Å². The molecule has 0 spiro atoms. The molecule has 0 fully saturated rings. The van der Waals surface area contributed by atoms with Crippen LogP contribution in [0.3, 0.4) is 0 Å². The molecule has 0 aliphatic carbocycles. The number of hydrogen-bond donors (Lipinski definition) is 0. The Hall–Kier alpha value is -6.16. The molecule has 0 aliphatic rings. The quantitative estimate of drug-likeness (QED) is 0.186. The van der Waals surface area contributed by atoms with Gasteiger partial charge in [0, 0.05) is 47.7 Å². The van der Waals surface area contributed by atoms with Gasteiger partial charge in [-0.25, -0.2) is 0 Å². The summed E-state index contributed by atoms with van der Waals surface area (Å²) in [5.74, 6) is 0. The molecule has 10 aromatic rings. The van der Waals surface area contributed by atoms with E-state index >= 15 is 0 Å². The van der Waals surface area contributed by atoms with E-state index in [2.05, 4.69) is 181 Å². The van der Waals surface area contributed by atoms with Crippen molar-refractivity contribution in [3.8, 4) is 22.3 Å².